The van der Waals surface area contributed by atoms with Crippen molar-refractivity contribution in [2.24, 2.45) is 0 Å². The summed E-state index contributed by atoms with van der Waals surface area (Å²) in [5.74, 6) is 0. The zero-order valence-electron chi connectivity index (χ0n) is 11.9. The van der Waals surface area contributed by atoms with Gasteiger partial charge in [-0.25, -0.2) is 0 Å². The zero-order valence-corrected chi connectivity index (χ0v) is 11.9. The van der Waals surface area contributed by atoms with Crippen LogP contribution in [0.25, 0.3) is 0 Å². The molecule has 1 aromatic rings. The molecule has 0 aliphatic carbocycles. The third-order valence-corrected chi connectivity index (χ3v) is 3.30. The summed E-state index contributed by atoms with van der Waals surface area (Å²) in [6.45, 7) is 6.97. The van der Waals surface area contributed by atoms with E-state index in [0.29, 0.717) is 0 Å². The predicted molar refractivity (Wildman–Crippen MR) is 75.7 cm³/mol. The SMILES string of the molecule is CCCCCOC(C)C(O)c1ccc(CC)cc1. The molecule has 0 saturated carbocycles. The van der Waals surface area contributed by atoms with Crippen molar-refractivity contribution in [3.8, 4) is 0 Å². The third kappa shape index (κ3) is 4.79. The molecule has 2 nitrogen and oxygen atoms in total. The number of unbranched alkanes of at least 4 members (excludes halogenated alkanes) is 2. The molecule has 0 radical (unpaired) electrons. The van der Waals surface area contributed by atoms with Crippen LogP contribution in [-0.2, 0) is 11.2 Å². The van der Waals surface area contributed by atoms with Gasteiger partial charge < -0.3 is 9.84 Å². The lowest BCUT2D eigenvalue weighted by Gasteiger charge is -2.20. The van der Waals surface area contributed by atoms with Crippen molar-refractivity contribution >= 4 is 0 Å². The average molecular weight is 250 g/mol. The molecule has 2 heteroatoms. The van der Waals surface area contributed by atoms with Gasteiger partial charge in [0.05, 0.1) is 6.10 Å². The second kappa shape index (κ2) is 8.28. The van der Waals surface area contributed by atoms with Crippen LogP contribution in [0.2, 0.25) is 0 Å². The van der Waals surface area contributed by atoms with Crippen LogP contribution in [0, 0.1) is 0 Å². The van der Waals surface area contributed by atoms with E-state index in [1.165, 1.54) is 18.4 Å². The van der Waals surface area contributed by atoms with Crippen LogP contribution < -0.4 is 0 Å². The number of hydrogen-bond donors (Lipinski definition) is 1. The first-order valence-electron chi connectivity index (χ1n) is 7.07. The fourth-order valence-corrected chi connectivity index (χ4v) is 1.93. The van der Waals surface area contributed by atoms with Crippen LogP contribution >= 0.6 is 0 Å². The molecule has 0 amide bonds. The molecule has 18 heavy (non-hydrogen) atoms. The Balaban J connectivity index is 2.43. The summed E-state index contributed by atoms with van der Waals surface area (Å²) in [6.07, 6.45) is 3.81. The number of rotatable bonds is 8. The molecular weight excluding hydrogens is 224 g/mol. The van der Waals surface area contributed by atoms with Crippen LogP contribution in [0.5, 0.6) is 0 Å². The van der Waals surface area contributed by atoms with Gasteiger partial charge in [0.15, 0.2) is 0 Å². The zero-order chi connectivity index (χ0) is 13.4. The minimum Gasteiger partial charge on any atom is -0.386 e. The highest BCUT2D eigenvalue weighted by atomic mass is 16.5. The molecule has 0 aliphatic heterocycles. The summed E-state index contributed by atoms with van der Waals surface area (Å²) in [7, 11) is 0. The molecule has 0 aliphatic rings. The second-order valence-electron chi connectivity index (χ2n) is 4.82. The van der Waals surface area contributed by atoms with Crippen LogP contribution in [-0.4, -0.2) is 17.8 Å². The summed E-state index contributed by atoms with van der Waals surface area (Å²) in [5, 5.41) is 10.2. The smallest absolute Gasteiger partial charge is 0.105 e. The van der Waals surface area contributed by atoms with Crippen molar-refractivity contribution in [2.45, 2.75) is 58.7 Å². The maximum absolute atomic E-state index is 10.2. The molecule has 2 atom stereocenters. The lowest BCUT2D eigenvalue weighted by Crippen LogP contribution is -2.19. The largest absolute Gasteiger partial charge is 0.386 e. The van der Waals surface area contributed by atoms with Gasteiger partial charge >= 0.3 is 0 Å². The highest BCUT2D eigenvalue weighted by Gasteiger charge is 2.16. The first kappa shape index (κ1) is 15.2. The average Bonchev–Trinajstić information content (AvgIpc) is 2.42. The minimum absolute atomic E-state index is 0.144. The van der Waals surface area contributed by atoms with Crippen LogP contribution in [0.4, 0.5) is 0 Å². The molecule has 1 N–H and O–H groups in total. The van der Waals surface area contributed by atoms with Crippen molar-refractivity contribution in [1.82, 2.24) is 0 Å². The van der Waals surface area contributed by atoms with E-state index in [4.69, 9.17) is 4.74 Å². The van der Waals surface area contributed by atoms with Gasteiger partial charge in [-0.2, -0.15) is 0 Å². The Kier molecular flexibility index (Phi) is 6.99. The minimum atomic E-state index is -0.530. The fraction of sp³-hybridized carbons (Fsp3) is 0.625. The van der Waals surface area contributed by atoms with E-state index < -0.39 is 6.10 Å². The molecule has 0 heterocycles. The van der Waals surface area contributed by atoms with Crippen LogP contribution in [0.15, 0.2) is 24.3 Å². The van der Waals surface area contributed by atoms with Crippen molar-refractivity contribution in [3.63, 3.8) is 0 Å². The molecule has 0 fully saturated rings. The van der Waals surface area contributed by atoms with Crippen molar-refractivity contribution in [2.75, 3.05) is 6.61 Å². The van der Waals surface area contributed by atoms with E-state index >= 15 is 0 Å². The highest BCUT2D eigenvalue weighted by Crippen LogP contribution is 2.20. The summed E-state index contributed by atoms with van der Waals surface area (Å²) in [6, 6.07) is 8.13. The molecule has 2 unspecified atom stereocenters. The van der Waals surface area contributed by atoms with E-state index in [1.807, 2.05) is 19.1 Å². The van der Waals surface area contributed by atoms with Crippen molar-refractivity contribution in [1.29, 1.82) is 0 Å². The summed E-state index contributed by atoms with van der Waals surface area (Å²) >= 11 is 0. The lowest BCUT2D eigenvalue weighted by atomic mass is 10.0. The molecule has 102 valence electrons. The quantitative estimate of drug-likeness (QED) is 0.709. The Morgan fingerprint density at radius 2 is 1.78 bits per heavy atom. The van der Waals surface area contributed by atoms with Gasteiger partial charge in [0.2, 0.25) is 0 Å². The number of benzene rings is 1. The van der Waals surface area contributed by atoms with E-state index in [-0.39, 0.29) is 6.10 Å². The highest BCUT2D eigenvalue weighted by molar-refractivity contribution is 5.24. The van der Waals surface area contributed by atoms with E-state index in [9.17, 15) is 5.11 Å². The van der Waals surface area contributed by atoms with Crippen LogP contribution in [0.1, 0.15) is 57.3 Å². The topological polar surface area (TPSA) is 29.5 Å². The standard InChI is InChI=1S/C16H26O2/c1-4-6-7-12-18-13(3)16(17)15-10-8-14(5-2)9-11-15/h8-11,13,16-17H,4-7,12H2,1-3H3. The molecular formula is C16H26O2. The maximum Gasteiger partial charge on any atom is 0.105 e. The number of aliphatic hydroxyl groups excluding tert-OH is 1. The van der Waals surface area contributed by atoms with Crippen molar-refractivity contribution in [3.05, 3.63) is 35.4 Å². The van der Waals surface area contributed by atoms with Gasteiger partial charge in [-0.05, 0) is 30.9 Å². The van der Waals surface area contributed by atoms with Crippen molar-refractivity contribution < 1.29 is 9.84 Å². The summed E-state index contributed by atoms with van der Waals surface area (Å²) < 4.78 is 5.67. The van der Waals surface area contributed by atoms with Gasteiger partial charge in [0.1, 0.15) is 6.10 Å². The molecule has 0 aromatic heterocycles. The first-order valence-corrected chi connectivity index (χ1v) is 7.07. The Morgan fingerprint density at radius 3 is 2.33 bits per heavy atom. The van der Waals surface area contributed by atoms with Gasteiger partial charge in [-0.1, -0.05) is 51.0 Å². The fourth-order valence-electron chi connectivity index (χ4n) is 1.93. The third-order valence-electron chi connectivity index (χ3n) is 3.30. The van der Waals surface area contributed by atoms with Gasteiger partial charge in [0.25, 0.3) is 0 Å². The monoisotopic (exact) mass is 250 g/mol. The Bertz CT molecular complexity index is 318. The molecule has 0 bridgehead atoms. The summed E-state index contributed by atoms with van der Waals surface area (Å²) in [4.78, 5) is 0. The molecule has 0 spiro atoms. The van der Waals surface area contributed by atoms with Gasteiger partial charge in [-0.15, -0.1) is 0 Å². The Morgan fingerprint density at radius 1 is 1.11 bits per heavy atom. The normalized spacial score (nSPS) is 14.4. The Hall–Kier alpha value is -0.860. The number of aryl methyl sites for hydroxylation is 1. The summed E-state index contributed by atoms with van der Waals surface area (Å²) in [5.41, 5.74) is 2.23. The first-order chi connectivity index (χ1) is 8.69. The van der Waals surface area contributed by atoms with Gasteiger partial charge in [0, 0.05) is 6.61 Å². The maximum atomic E-state index is 10.2. The lowest BCUT2D eigenvalue weighted by molar-refractivity contribution is -0.0290. The number of ether oxygens (including phenoxy) is 1. The number of hydrogen-bond acceptors (Lipinski definition) is 2. The number of aliphatic hydroxyl groups is 1. The van der Waals surface area contributed by atoms with Crippen LogP contribution in [0.3, 0.4) is 0 Å². The predicted octanol–water partition coefficient (Wildman–Crippen LogP) is 3.88. The van der Waals surface area contributed by atoms with Gasteiger partial charge in [-0.3, -0.25) is 0 Å². The second-order valence-corrected chi connectivity index (χ2v) is 4.82. The molecule has 1 aromatic carbocycles. The molecule has 1 rings (SSSR count). The Labute approximate surface area is 111 Å². The van der Waals surface area contributed by atoms with E-state index in [2.05, 4.69) is 26.0 Å². The molecule has 0 saturated heterocycles. The van der Waals surface area contributed by atoms with E-state index in [1.54, 1.807) is 0 Å². The van der Waals surface area contributed by atoms with E-state index in [0.717, 1.165) is 25.0 Å².